The Morgan fingerprint density at radius 3 is 1.94 bits per heavy atom. The molecule has 104 valence electrons. The van der Waals surface area contributed by atoms with E-state index >= 15 is 0 Å². The third-order valence-electron chi connectivity index (χ3n) is 2.54. The molecule has 0 spiro atoms. The zero-order valence-electron chi connectivity index (χ0n) is 11.8. The van der Waals surface area contributed by atoms with Crippen LogP contribution in [-0.2, 0) is 9.47 Å². The zero-order valence-corrected chi connectivity index (χ0v) is 12.5. The number of ether oxygens (including phenoxy) is 2. The van der Waals surface area contributed by atoms with E-state index in [0.717, 1.165) is 51.6 Å². The minimum absolute atomic E-state index is 0.364. The number of halogens is 1. The summed E-state index contributed by atoms with van der Waals surface area (Å²) in [5, 5.41) is 0. The monoisotopic (exact) mass is 264 g/mol. The Morgan fingerprint density at radius 2 is 1.35 bits per heavy atom. The maximum Gasteiger partial charge on any atom is 0.0700 e. The first kappa shape index (κ1) is 17.2. The third kappa shape index (κ3) is 16.2. The number of rotatable bonds is 11. The normalized spacial score (nSPS) is 12.0. The van der Waals surface area contributed by atoms with Crippen LogP contribution in [0.1, 0.15) is 52.9 Å². The molecule has 0 fully saturated rings. The summed E-state index contributed by atoms with van der Waals surface area (Å²) in [5.41, 5.74) is 0.364. The predicted molar refractivity (Wildman–Crippen MR) is 74.9 cm³/mol. The van der Waals surface area contributed by atoms with Gasteiger partial charge in [-0.3, -0.25) is 0 Å². The van der Waals surface area contributed by atoms with Gasteiger partial charge >= 0.3 is 0 Å². The molecule has 0 aliphatic rings. The lowest BCUT2D eigenvalue weighted by Crippen LogP contribution is -2.12. The van der Waals surface area contributed by atoms with E-state index in [1.54, 1.807) is 0 Å². The van der Waals surface area contributed by atoms with Gasteiger partial charge in [-0.05, 0) is 24.7 Å². The highest BCUT2D eigenvalue weighted by Crippen LogP contribution is 2.17. The van der Waals surface area contributed by atoms with Crippen molar-refractivity contribution in [2.45, 2.75) is 52.9 Å². The molecular formula is C14H29ClO2. The highest BCUT2D eigenvalue weighted by Gasteiger charge is 2.08. The van der Waals surface area contributed by atoms with Crippen LogP contribution in [0.2, 0.25) is 0 Å². The Kier molecular flexibility index (Phi) is 11.4. The summed E-state index contributed by atoms with van der Waals surface area (Å²) in [6, 6.07) is 0. The van der Waals surface area contributed by atoms with E-state index < -0.39 is 0 Å². The van der Waals surface area contributed by atoms with Crippen molar-refractivity contribution in [2.24, 2.45) is 5.41 Å². The molecule has 0 heterocycles. The standard InChI is InChI=1S/C14H29ClO2/c1-14(2,3)8-11-17-13-12-16-10-7-5-4-6-9-15/h4-13H2,1-3H3. The van der Waals surface area contributed by atoms with E-state index in [-0.39, 0.29) is 0 Å². The molecule has 0 atom stereocenters. The molecule has 0 aliphatic heterocycles. The Hall–Kier alpha value is 0.210. The van der Waals surface area contributed by atoms with Gasteiger partial charge in [0.15, 0.2) is 0 Å². The smallest absolute Gasteiger partial charge is 0.0700 e. The third-order valence-corrected chi connectivity index (χ3v) is 2.81. The predicted octanol–water partition coefficient (Wildman–Crippen LogP) is 4.26. The second-order valence-corrected chi connectivity index (χ2v) is 6.02. The Balaban J connectivity index is 2.99. The minimum Gasteiger partial charge on any atom is -0.379 e. The maximum absolute atomic E-state index is 5.60. The number of hydrogen-bond acceptors (Lipinski definition) is 2. The van der Waals surface area contributed by atoms with E-state index in [1.807, 2.05) is 0 Å². The topological polar surface area (TPSA) is 18.5 Å². The summed E-state index contributed by atoms with van der Waals surface area (Å²) >= 11 is 5.60. The van der Waals surface area contributed by atoms with Crippen molar-refractivity contribution in [3.05, 3.63) is 0 Å². The second-order valence-electron chi connectivity index (χ2n) is 5.64. The van der Waals surface area contributed by atoms with Crippen molar-refractivity contribution < 1.29 is 9.47 Å². The van der Waals surface area contributed by atoms with Crippen LogP contribution in [0.4, 0.5) is 0 Å². The van der Waals surface area contributed by atoms with Crippen LogP contribution in [0.3, 0.4) is 0 Å². The van der Waals surface area contributed by atoms with Gasteiger partial charge in [0.1, 0.15) is 0 Å². The van der Waals surface area contributed by atoms with Gasteiger partial charge in [0.25, 0.3) is 0 Å². The SMILES string of the molecule is CC(C)(C)CCOCCOCCCCCCCl. The average molecular weight is 265 g/mol. The van der Waals surface area contributed by atoms with Crippen molar-refractivity contribution in [1.82, 2.24) is 0 Å². The molecule has 3 heteroatoms. The van der Waals surface area contributed by atoms with E-state index in [0.29, 0.717) is 5.41 Å². The first-order chi connectivity index (χ1) is 8.06. The van der Waals surface area contributed by atoms with Crippen LogP contribution in [0.15, 0.2) is 0 Å². The minimum atomic E-state index is 0.364. The fourth-order valence-corrected chi connectivity index (χ4v) is 1.54. The number of hydrogen-bond donors (Lipinski definition) is 0. The number of unbranched alkanes of at least 4 members (excludes halogenated alkanes) is 3. The van der Waals surface area contributed by atoms with Crippen molar-refractivity contribution in [1.29, 1.82) is 0 Å². The van der Waals surface area contributed by atoms with Crippen LogP contribution >= 0.6 is 11.6 Å². The van der Waals surface area contributed by atoms with Crippen molar-refractivity contribution >= 4 is 11.6 Å². The lowest BCUT2D eigenvalue weighted by molar-refractivity contribution is 0.0376. The largest absolute Gasteiger partial charge is 0.379 e. The second kappa shape index (κ2) is 11.3. The van der Waals surface area contributed by atoms with Gasteiger partial charge in [0.2, 0.25) is 0 Å². The van der Waals surface area contributed by atoms with E-state index in [4.69, 9.17) is 21.1 Å². The molecule has 0 aromatic heterocycles. The van der Waals surface area contributed by atoms with E-state index in [1.165, 1.54) is 12.8 Å². The summed E-state index contributed by atoms with van der Waals surface area (Å²) in [5.74, 6) is 0.780. The molecule has 0 N–H and O–H groups in total. The van der Waals surface area contributed by atoms with Crippen LogP contribution < -0.4 is 0 Å². The summed E-state index contributed by atoms with van der Waals surface area (Å²) in [6.07, 6.45) is 5.80. The van der Waals surface area contributed by atoms with E-state index in [2.05, 4.69) is 20.8 Å². The quantitative estimate of drug-likeness (QED) is 0.410. The van der Waals surface area contributed by atoms with Gasteiger partial charge in [-0.2, -0.15) is 0 Å². The summed E-state index contributed by atoms with van der Waals surface area (Å²) < 4.78 is 11.0. The Labute approximate surface area is 112 Å². The molecule has 0 saturated heterocycles. The van der Waals surface area contributed by atoms with Crippen LogP contribution in [0.5, 0.6) is 0 Å². The molecule has 0 amide bonds. The van der Waals surface area contributed by atoms with Gasteiger partial charge in [-0.25, -0.2) is 0 Å². The van der Waals surface area contributed by atoms with Crippen molar-refractivity contribution in [3.8, 4) is 0 Å². The molecule has 0 bridgehead atoms. The molecule has 0 radical (unpaired) electrons. The maximum atomic E-state index is 5.60. The molecule has 0 unspecified atom stereocenters. The molecule has 17 heavy (non-hydrogen) atoms. The molecule has 0 saturated carbocycles. The molecule has 0 aromatic rings. The summed E-state index contributed by atoms with van der Waals surface area (Å²) in [7, 11) is 0. The molecule has 0 rings (SSSR count). The molecule has 0 aromatic carbocycles. The fraction of sp³-hybridized carbons (Fsp3) is 1.00. The van der Waals surface area contributed by atoms with Crippen LogP contribution in [0.25, 0.3) is 0 Å². The van der Waals surface area contributed by atoms with Crippen molar-refractivity contribution in [2.75, 3.05) is 32.3 Å². The molecule has 2 nitrogen and oxygen atoms in total. The van der Waals surface area contributed by atoms with Gasteiger partial charge < -0.3 is 9.47 Å². The first-order valence-corrected chi connectivity index (χ1v) is 7.31. The molecular weight excluding hydrogens is 236 g/mol. The van der Waals surface area contributed by atoms with Crippen molar-refractivity contribution in [3.63, 3.8) is 0 Å². The fourth-order valence-electron chi connectivity index (χ4n) is 1.35. The van der Waals surface area contributed by atoms with Gasteiger partial charge in [-0.15, -0.1) is 11.6 Å². The number of alkyl halides is 1. The summed E-state index contributed by atoms with van der Waals surface area (Å²) in [4.78, 5) is 0. The van der Waals surface area contributed by atoms with Crippen LogP contribution in [-0.4, -0.2) is 32.3 Å². The Morgan fingerprint density at radius 1 is 0.765 bits per heavy atom. The summed E-state index contributed by atoms with van der Waals surface area (Å²) in [6.45, 7) is 9.82. The average Bonchev–Trinajstić information content (AvgIpc) is 2.24. The highest BCUT2D eigenvalue weighted by molar-refractivity contribution is 6.17. The molecule has 0 aliphatic carbocycles. The zero-order chi connectivity index (χ0) is 13.0. The van der Waals surface area contributed by atoms with E-state index in [9.17, 15) is 0 Å². The van der Waals surface area contributed by atoms with Gasteiger partial charge in [-0.1, -0.05) is 33.6 Å². The Bertz CT molecular complexity index is 155. The van der Waals surface area contributed by atoms with Gasteiger partial charge in [0, 0.05) is 19.1 Å². The lowest BCUT2D eigenvalue weighted by Gasteiger charge is -2.17. The first-order valence-electron chi connectivity index (χ1n) is 6.78. The van der Waals surface area contributed by atoms with Gasteiger partial charge in [0.05, 0.1) is 13.2 Å². The lowest BCUT2D eigenvalue weighted by atomic mass is 9.93. The van der Waals surface area contributed by atoms with Crippen LogP contribution in [0, 0.1) is 5.41 Å². The highest BCUT2D eigenvalue weighted by atomic mass is 35.5.